The second-order valence-electron chi connectivity index (χ2n) is 3.36. The van der Waals surface area contributed by atoms with Crippen LogP contribution >= 0.6 is 0 Å². The van der Waals surface area contributed by atoms with Crippen molar-refractivity contribution in [3.05, 3.63) is 34.4 Å². The molecule has 1 rings (SSSR count). The van der Waals surface area contributed by atoms with Crippen molar-refractivity contribution in [3.63, 3.8) is 0 Å². The van der Waals surface area contributed by atoms with Gasteiger partial charge in [0.25, 0.3) is 6.43 Å². The molecule has 0 saturated heterocycles. The van der Waals surface area contributed by atoms with Crippen molar-refractivity contribution >= 4 is 5.97 Å². The number of carbonyl (C=O) groups is 1. The van der Waals surface area contributed by atoms with Crippen LogP contribution in [0.3, 0.4) is 0 Å². The summed E-state index contributed by atoms with van der Waals surface area (Å²) in [6.07, 6.45) is -3.32. The lowest BCUT2D eigenvalue weighted by molar-refractivity contribution is -0.136. The van der Waals surface area contributed by atoms with E-state index >= 15 is 0 Å². The molecular weight excluding hydrogens is 232 g/mol. The molecule has 1 aromatic rings. The molecule has 0 radical (unpaired) electrons. The summed E-state index contributed by atoms with van der Waals surface area (Å²) in [5.41, 5.74) is -0.690. The van der Waals surface area contributed by atoms with Crippen LogP contribution in [0.4, 0.5) is 8.78 Å². The van der Waals surface area contributed by atoms with Crippen LogP contribution in [0.2, 0.25) is 0 Å². The number of halogens is 2. The molecule has 0 fully saturated rings. The number of aliphatic hydroxyl groups excluding tert-OH is 1. The van der Waals surface area contributed by atoms with Crippen LogP contribution in [0.1, 0.15) is 28.7 Å². The predicted octanol–water partition coefficient (Wildman–Crippen LogP) is 1.62. The average Bonchev–Trinajstić information content (AvgIpc) is 2.26. The fourth-order valence-corrected chi connectivity index (χ4v) is 1.50. The monoisotopic (exact) mass is 241 g/mol. The zero-order valence-corrected chi connectivity index (χ0v) is 8.65. The van der Waals surface area contributed by atoms with E-state index in [1.807, 2.05) is 0 Å². The number of carboxylic acid groups (broad SMARTS) is 1. The van der Waals surface area contributed by atoms with E-state index in [4.69, 9.17) is 15.5 Å². The molecule has 0 aliphatic rings. The molecule has 90 valence electrons. The van der Waals surface area contributed by atoms with Gasteiger partial charge in [0.1, 0.15) is 6.07 Å². The van der Waals surface area contributed by atoms with Gasteiger partial charge in [-0.1, -0.05) is 6.07 Å². The molecular formula is C11H9F2NO3. The normalized spacial score (nSPS) is 10.3. The summed E-state index contributed by atoms with van der Waals surface area (Å²) in [6.45, 7) is -0.587. The van der Waals surface area contributed by atoms with E-state index in [0.717, 1.165) is 6.07 Å². The molecule has 0 aliphatic carbocycles. The quantitative estimate of drug-likeness (QED) is 0.839. The van der Waals surface area contributed by atoms with E-state index in [1.54, 1.807) is 6.07 Å². The Hall–Kier alpha value is -2.00. The Morgan fingerprint density at radius 2 is 2.12 bits per heavy atom. The van der Waals surface area contributed by atoms with Crippen molar-refractivity contribution in [2.75, 3.05) is 0 Å². The van der Waals surface area contributed by atoms with Gasteiger partial charge in [-0.25, -0.2) is 8.78 Å². The first-order chi connectivity index (χ1) is 7.99. The smallest absolute Gasteiger partial charge is 0.307 e. The highest BCUT2D eigenvalue weighted by molar-refractivity contribution is 5.70. The minimum absolute atomic E-state index is 0.0153. The number of rotatable bonds is 4. The number of hydrogen-bond acceptors (Lipinski definition) is 3. The molecule has 0 saturated carbocycles. The van der Waals surface area contributed by atoms with Crippen molar-refractivity contribution < 1.29 is 23.8 Å². The molecule has 0 unspecified atom stereocenters. The zero-order chi connectivity index (χ0) is 13.0. The van der Waals surface area contributed by atoms with Crippen LogP contribution in [-0.4, -0.2) is 16.2 Å². The van der Waals surface area contributed by atoms with Gasteiger partial charge < -0.3 is 10.2 Å². The highest BCUT2D eigenvalue weighted by Gasteiger charge is 2.18. The van der Waals surface area contributed by atoms with Gasteiger partial charge in [-0.2, -0.15) is 5.26 Å². The van der Waals surface area contributed by atoms with Crippen LogP contribution in [0.15, 0.2) is 12.1 Å². The van der Waals surface area contributed by atoms with Gasteiger partial charge in [0.15, 0.2) is 0 Å². The van der Waals surface area contributed by atoms with E-state index in [9.17, 15) is 13.6 Å². The molecule has 17 heavy (non-hydrogen) atoms. The van der Waals surface area contributed by atoms with Gasteiger partial charge in [0.2, 0.25) is 0 Å². The van der Waals surface area contributed by atoms with Gasteiger partial charge in [-0.3, -0.25) is 4.79 Å². The van der Waals surface area contributed by atoms with Crippen LogP contribution < -0.4 is 0 Å². The maximum atomic E-state index is 12.7. The molecule has 0 bridgehead atoms. The Balaban J connectivity index is 3.36. The molecule has 0 atom stereocenters. The highest BCUT2D eigenvalue weighted by Crippen LogP contribution is 2.27. The number of nitriles is 1. The first kappa shape index (κ1) is 13.1. The SMILES string of the molecule is N#Cc1c(CO)cc(CC(=O)O)cc1C(F)F. The van der Waals surface area contributed by atoms with E-state index in [1.165, 1.54) is 6.07 Å². The third kappa shape index (κ3) is 2.98. The van der Waals surface area contributed by atoms with E-state index < -0.39 is 31.0 Å². The maximum Gasteiger partial charge on any atom is 0.307 e. The number of aliphatic hydroxyl groups is 1. The van der Waals surface area contributed by atoms with Crippen molar-refractivity contribution in [2.45, 2.75) is 19.5 Å². The second kappa shape index (κ2) is 5.37. The summed E-state index contributed by atoms with van der Waals surface area (Å²) in [4.78, 5) is 10.5. The Bertz CT molecular complexity index is 480. The largest absolute Gasteiger partial charge is 0.481 e. The van der Waals surface area contributed by atoms with Crippen molar-refractivity contribution in [2.24, 2.45) is 0 Å². The number of alkyl halides is 2. The fraction of sp³-hybridized carbons (Fsp3) is 0.273. The van der Waals surface area contributed by atoms with Crippen LogP contribution in [-0.2, 0) is 17.8 Å². The maximum absolute atomic E-state index is 12.7. The number of hydrogen-bond donors (Lipinski definition) is 2. The molecule has 0 aromatic heterocycles. The third-order valence-electron chi connectivity index (χ3n) is 2.18. The van der Waals surface area contributed by atoms with Crippen molar-refractivity contribution in [1.82, 2.24) is 0 Å². The summed E-state index contributed by atoms with van der Waals surface area (Å²) in [6, 6.07) is 3.82. The zero-order valence-electron chi connectivity index (χ0n) is 8.65. The van der Waals surface area contributed by atoms with Crippen LogP contribution in [0.5, 0.6) is 0 Å². The number of aliphatic carboxylic acids is 1. The average molecular weight is 241 g/mol. The lowest BCUT2D eigenvalue weighted by atomic mass is 9.97. The van der Waals surface area contributed by atoms with E-state index in [-0.39, 0.29) is 16.7 Å². The minimum Gasteiger partial charge on any atom is -0.481 e. The Morgan fingerprint density at radius 3 is 2.53 bits per heavy atom. The predicted molar refractivity (Wildman–Crippen MR) is 53.4 cm³/mol. The number of carboxylic acids is 1. The first-order valence-electron chi connectivity index (χ1n) is 4.66. The second-order valence-corrected chi connectivity index (χ2v) is 3.36. The Morgan fingerprint density at radius 1 is 1.47 bits per heavy atom. The molecule has 6 heteroatoms. The van der Waals surface area contributed by atoms with Gasteiger partial charge in [0, 0.05) is 5.56 Å². The lowest BCUT2D eigenvalue weighted by Crippen LogP contribution is -2.05. The van der Waals surface area contributed by atoms with Crippen molar-refractivity contribution in [1.29, 1.82) is 5.26 Å². The summed E-state index contributed by atoms with van der Waals surface area (Å²) < 4.78 is 25.3. The van der Waals surface area contributed by atoms with E-state index in [2.05, 4.69) is 0 Å². The Labute approximate surface area is 95.7 Å². The summed E-state index contributed by atoms with van der Waals surface area (Å²) in [5, 5.41) is 26.3. The molecule has 1 aromatic carbocycles. The molecule has 0 aliphatic heterocycles. The summed E-state index contributed by atoms with van der Waals surface area (Å²) in [5.74, 6) is -1.17. The van der Waals surface area contributed by atoms with Gasteiger partial charge >= 0.3 is 5.97 Å². The third-order valence-corrected chi connectivity index (χ3v) is 2.18. The minimum atomic E-state index is -2.89. The fourth-order valence-electron chi connectivity index (χ4n) is 1.50. The number of nitrogens with zero attached hydrogens (tertiary/aromatic N) is 1. The summed E-state index contributed by atoms with van der Waals surface area (Å²) >= 11 is 0. The first-order valence-corrected chi connectivity index (χ1v) is 4.66. The van der Waals surface area contributed by atoms with Gasteiger partial charge in [-0.05, 0) is 17.2 Å². The number of benzene rings is 1. The Kier molecular flexibility index (Phi) is 4.12. The summed E-state index contributed by atoms with van der Waals surface area (Å²) in [7, 11) is 0. The van der Waals surface area contributed by atoms with Gasteiger partial charge in [-0.15, -0.1) is 0 Å². The molecule has 0 spiro atoms. The van der Waals surface area contributed by atoms with Gasteiger partial charge in [0.05, 0.1) is 18.6 Å². The molecule has 4 nitrogen and oxygen atoms in total. The molecule has 2 N–H and O–H groups in total. The van der Waals surface area contributed by atoms with Crippen LogP contribution in [0.25, 0.3) is 0 Å². The lowest BCUT2D eigenvalue weighted by Gasteiger charge is -2.09. The van der Waals surface area contributed by atoms with E-state index in [0.29, 0.717) is 0 Å². The highest BCUT2D eigenvalue weighted by atomic mass is 19.3. The molecule has 0 heterocycles. The molecule has 0 amide bonds. The topological polar surface area (TPSA) is 81.3 Å². The standard InChI is InChI=1S/C11H9F2NO3/c12-11(13)8-2-6(3-10(16)17)1-7(5-15)9(8)4-14/h1-2,11,15H,3,5H2,(H,16,17). The van der Waals surface area contributed by atoms with Crippen molar-refractivity contribution in [3.8, 4) is 6.07 Å². The van der Waals surface area contributed by atoms with Crippen LogP contribution in [0, 0.1) is 11.3 Å².